The summed E-state index contributed by atoms with van der Waals surface area (Å²) in [6, 6.07) is 1.67. The second-order valence-electron chi connectivity index (χ2n) is 2.50. The second-order valence-corrected chi connectivity index (χ2v) is 2.91. The van der Waals surface area contributed by atoms with Crippen molar-refractivity contribution < 1.29 is 9.53 Å². The number of carbonyl (C=O) groups excluding carboxylic acids is 1. The molecule has 0 amide bonds. The lowest BCUT2D eigenvalue weighted by Gasteiger charge is -2.06. The third kappa shape index (κ3) is 2.55. The van der Waals surface area contributed by atoms with Crippen molar-refractivity contribution in [3.63, 3.8) is 0 Å². The van der Waals surface area contributed by atoms with Gasteiger partial charge in [0.1, 0.15) is 0 Å². The molecule has 0 bridgehead atoms. The van der Waals surface area contributed by atoms with Crippen molar-refractivity contribution >= 4 is 17.7 Å². The second kappa shape index (κ2) is 5.37. The van der Waals surface area contributed by atoms with E-state index in [2.05, 4.69) is 9.98 Å². The number of methoxy groups -OCH3 is 1. The summed E-state index contributed by atoms with van der Waals surface area (Å²) in [5, 5.41) is 0.568. The van der Waals surface area contributed by atoms with Crippen LogP contribution in [0.2, 0.25) is 5.02 Å². The first-order chi connectivity index (χ1) is 6.79. The van der Waals surface area contributed by atoms with Crippen molar-refractivity contribution in [1.29, 1.82) is 0 Å². The molecule has 1 rings (SSSR count). The third-order valence-corrected chi connectivity index (χ3v) is 2.04. The Bertz CT molecular complexity index is 362. The predicted octanol–water partition coefficient (Wildman–Crippen LogP) is 1.62. The highest BCUT2D eigenvalue weighted by Crippen LogP contribution is 2.23. The average Bonchev–Trinajstić information content (AvgIpc) is 2.20. The van der Waals surface area contributed by atoms with Gasteiger partial charge in [-0.1, -0.05) is 11.6 Å². The molecule has 74 valence electrons. The zero-order chi connectivity index (χ0) is 10.4. The van der Waals surface area contributed by atoms with Crippen molar-refractivity contribution in [1.82, 2.24) is 4.98 Å². The predicted molar refractivity (Wildman–Crippen MR) is 52.5 cm³/mol. The van der Waals surface area contributed by atoms with Crippen LogP contribution in [0.15, 0.2) is 17.3 Å². The van der Waals surface area contributed by atoms with Crippen LogP contribution in [-0.2, 0) is 11.2 Å². The molecule has 0 N–H and O–H groups in total. The van der Waals surface area contributed by atoms with Gasteiger partial charge in [0, 0.05) is 11.8 Å². The van der Waals surface area contributed by atoms with Gasteiger partial charge in [0.2, 0.25) is 12.0 Å². The van der Waals surface area contributed by atoms with Gasteiger partial charge in [0.05, 0.1) is 18.7 Å². The van der Waals surface area contributed by atoms with Crippen LogP contribution in [0.25, 0.3) is 0 Å². The summed E-state index contributed by atoms with van der Waals surface area (Å²) < 4.78 is 5.02. The summed E-state index contributed by atoms with van der Waals surface area (Å²) in [6.45, 7) is 0.339. The molecule has 0 spiro atoms. The lowest BCUT2D eigenvalue weighted by Crippen LogP contribution is -1.98. The van der Waals surface area contributed by atoms with Crippen LogP contribution >= 0.6 is 11.6 Å². The first kappa shape index (κ1) is 10.7. The molecule has 4 nitrogen and oxygen atoms in total. The Hall–Kier alpha value is -1.38. The van der Waals surface area contributed by atoms with E-state index in [0.717, 1.165) is 5.56 Å². The SMILES string of the molecule is COc1nccc(Cl)c1CCN=C=O. The molecular weight excluding hydrogens is 204 g/mol. The first-order valence-electron chi connectivity index (χ1n) is 4.00. The minimum atomic E-state index is 0.339. The van der Waals surface area contributed by atoms with E-state index in [1.807, 2.05) is 0 Å². The van der Waals surface area contributed by atoms with Gasteiger partial charge in [0.15, 0.2) is 0 Å². The van der Waals surface area contributed by atoms with Crippen molar-refractivity contribution in [2.24, 2.45) is 4.99 Å². The number of halogens is 1. The summed E-state index contributed by atoms with van der Waals surface area (Å²) in [7, 11) is 1.52. The Balaban J connectivity index is 2.87. The monoisotopic (exact) mass is 212 g/mol. The molecule has 0 unspecified atom stereocenters. The van der Waals surface area contributed by atoms with E-state index < -0.39 is 0 Å². The maximum absolute atomic E-state index is 9.86. The molecule has 0 saturated carbocycles. The fourth-order valence-electron chi connectivity index (χ4n) is 1.07. The van der Waals surface area contributed by atoms with E-state index in [-0.39, 0.29) is 0 Å². The summed E-state index contributed by atoms with van der Waals surface area (Å²) in [5.41, 5.74) is 0.760. The summed E-state index contributed by atoms with van der Waals surface area (Å²) in [5.74, 6) is 0.471. The number of hydrogen-bond donors (Lipinski definition) is 0. The van der Waals surface area contributed by atoms with Crippen LogP contribution in [-0.4, -0.2) is 24.7 Å². The Morgan fingerprint density at radius 3 is 3.14 bits per heavy atom. The zero-order valence-corrected chi connectivity index (χ0v) is 8.41. The molecule has 0 aliphatic heterocycles. The molecule has 0 aliphatic rings. The Morgan fingerprint density at radius 2 is 2.50 bits per heavy atom. The highest BCUT2D eigenvalue weighted by atomic mass is 35.5. The average molecular weight is 213 g/mol. The zero-order valence-electron chi connectivity index (χ0n) is 7.66. The van der Waals surface area contributed by atoms with Gasteiger partial charge in [-0.2, -0.15) is 0 Å². The van der Waals surface area contributed by atoms with Crippen molar-refractivity contribution in [3.05, 3.63) is 22.8 Å². The van der Waals surface area contributed by atoms with Crippen LogP contribution in [0.5, 0.6) is 5.88 Å². The molecule has 5 heteroatoms. The Kier molecular flexibility index (Phi) is 4.11. The van der Waals surface area contributed by atoms with Gasteiger partial charge in [-0.3, -0.25) is 0 Å². The number of aromatic nitrogens is 1. The molecule has 0 aromatic carbocycles. The van der Waals surface area contributed by atoms with Crippen LogP contribution in [0.3, 0.4) is 0 Å². The molecule has 1 aromatic heterocycles. The van der Waals surface area contributed by atoms with Crippen LogP contribution in [0.4, 0.5) is 0 Å². The minimum absolute atomic E-state index is 0.339. The molecule has 0 aliphatic carbocycles. The van der Waals surface area contributed by atoms with E-state index in [4.69, 9.17) is 16.3 Å². The molecule has 0 atom stereocenters. The van der Waals surface area contributed by atoms with E-state index in [0.29, 0.717) is 23.9 Å². The van der Waals surface area contributed by atoms with E-state index in [9.17, 15) is 4.79 Å². The van der Waals surface area contributed by atoms with Crippen LogP contribution in [0.1, 0.15) is 5.56 Å². The highest BCUT2D eigenvalue weighted by molar-refractivity contribution is 6.31. The highest BCUT2D eigenvalue weighted by Gasteiger charge is 2.07. The third-order valence-electron chi connectivity index (χ3n) is 1.69. The van der Waals surface area contributed by atoms with Crippen molar-refractivity contribution in [2.75, 3.05) is 13.7 Å². The van der Waals surface area contributed by atoms with Crippen molar-refractivity contribution in [3.8, 4) is 5.88 Å². The number of nitrogens with zero attached hydrogens (tertiary/aromatic N) is 2. The van der Waals surface area contributed by atoms with Gasteiger partial charge >= 0.3 is 0 Å². The molecule has 1 heterocycles. The summed E-state index contributed by atoms with van der Waals surface area (Å²) in [4.78, 5) is 17.3. The maximum atomic E-state index is 9.86. The van der Waals surface area contributed by atoms with E-state index in [1.54, 1.807) is 12.3 Å². The lowest BCUT2D eigenvalue weighted by atomic mass is 10.2. The lowest BCUT2D eigenvalue weighted by molar-refractivity contribution is 0.392. The van der Waals surface area contributed by atoms with Crippen LogP contribution < -0.4 is 4.74 Å². The summed E-state index contributed by atoms with van der Waals surface area (Å²) >= 11 is 5.93. The summed E-state index contributed by atoms with van der Waals surface area (Å²) in [6.07, 6.45) is 3.55. The topological polar surface area (TPSA) is 51.6 Å². The largest absolute Gasteiger partial charge is 0.481 e. The number of pyridine rings is 1. The normalized spacial score (nSPS) is 9.29. The van der Waals surface area contributed by atoms with E-state index in [1.165, 1.54) is 13.2 Å². The minimum Gasteiger partial charge on any atom is -0.481 e. The number of aliphatic imine (C=N–C) groups is 1. The quantitative estimate of drug-likeness (QED) is 0.563. The Morgan fingerprint density at radius 1 is 1.71 bits per heavy atom. The van der Waals surface area contributed by atoms with Crippen molar-refractivity contribution in [2.45, 2.75) is 6.42 Å². The van der Waals surface area contributed by atoms with Gasteiger partial charge in [-0.15, -0.1) is 0 Å². The van der Waals surface area contributed by atoms with Gasteiger partial charge in [-0.25, -0.2) is 14.8 Å². The Labute approximate surface area is 86.6 Å². The molecule has 1 aromatic rings. The number of hydrogen-bond acceptors (Lipinski definition) is 4. The molecule has 14 heavy (non-hydrogen) atoms. The van der Waals surface area contributed by atoms with Crippen LogP contribution in [0, 0.1) is 0 Å². The molecular formula is C9H9ClN2O2. The van der Waals surface area contributed by atoms with E-state index >= 15 is 0 Å². The first-order valence-corrected chi connectivity index (χ1v) is 4.38. The van der Waals surface area contributed by atoms with Gasteiger partial charge < -0.3 is 4.74 Å². The number of rotatable bonds is 4. The standard InChI is InChI=1S/C9H9ClN2O2/c1-14-9-7(2-4-11-6-13)8(10)3-5-12-9/h3,5H,2,4H2,1H3. The maximum Gasteiger partial charge on any atom is 0.234 e. The molecule has 0 saturated heterocycles. The number of ether oxygens (including phenoxy) is 1. The molecule has 0 radical (unpaired) electrons. The van der Waals surface area contributed by atoms with Gasteiger partial charge in [0.25, 0.3) is 0 Å². The van der Waals surface area contributed by atoms with Gasteiger partial charge in [-0.05, 0) is 12.5 Å². The fraction of sp³-hybridized carbons (Fsp3) is 0.333. The number of isocyanates is 1. The smallest absolute Gasteiger partial charge is 0.234 e. The molecule has 0 fully saturated rings. The fourth-order valence-corrected chi connectivity index (χ4v) is 1.30.